The van der Waals surface area contributed by atoms with E-state index in [0.29, 0.717) is 18.1 Å². The number of hydrogen-bond acceptors (Lipinski definition) is 6. The highest BCUT2D eigenvalue weighted by Crippen LogP contribution is 2.31. The van der Waals surface area contributed by atoms with Crippen LogP contribution in [0, 0.1) is 11.7 Å². The minimum absolute atomic E-state index is 0.0125. The summed E-state index contributed by atoms with van der Waals surface area (Å²) in [6.07, 6.45) is 5.66. The molecule has 1 aromatic carbocycles. The van der Waals surface area contributed by atoms with Gasteiger partial charge in [0.25, 0.3) is 0 Å². The number of anilines is 4. The van der Waals surface area contributed by atoms with Crippen molar-refractivity contribution in [2.75, 3.05) is 16.0 Å². The molecule has 30 heavy (non-hydrogen) atoms. The quantitative estimate of drug-likeness (QED) is 0.496. The summed E-state index contributed by atoms with van der Waals surface area (Å²) < 4.78 is 13.6. The van der Waals surface area contributed by atoms with Gasteiger partial charge < -0.3 is 21.7 Å². The van der Waals surface area contributed by atoms with Crippen LogP contribution in [0.5, 0.6) is 0 Å². The lowest BCUT2D eigenvalue weighted by Gasteiger charge is -2.28. The van der Waals surface area contributed by atoms with Crippen LogP contribution < -0.4 is 21.7 Å². The first-order chi connectivity index (χ1) is 14.4. The molecule has 1 saturated carbocycles. The fourth-order valence-electron chi connectivity index (χ4n) is 3.33. The minimum atomic E-state index is -0.516. The molecule has 0 bridgehead atoms. The van der Waals surface area contributed by atoms with Crippen molar-refractivity contribution < 1.29 is 14.0 Å². The number of nitrogens with two attached hydrogens (primary N) is 1. The fraction of sp³-hybridized carbons (Fsp3) is 0.300. The third-order valence-electron chi connectivity index (χ3n) is 4.83. The van der Waals surface area contributed by atoms with Crippen molar-refractivity contribution in [2.24, 2.45) is 11.7 Å². The second kappa shape index (κ2) is 9.53. The maximum absolute atomic E-state index is 13.6. The predicted octanol–water partition coefficient (Wildman–Crippen LogP) is 3.59. The topological polar surface area (TPSA) is 122 Å². The Labute approximate surface area is 178 Å². The van der Waals surface area contributed by atoms with Gasteiger partial charge in [-0.25, -0.2) is 9.37 Å². The zero-order valence-electron chi connectivity index (χ0n) is 16.1. The van der Waals surface area contributed by atoms with Crippen molar-refractivity contribution in [3.05, 3.63) is 47.9 Å². The van der Waals surface area contributed by atoms with E-state index in [2.05, 4.69) is 32.5 Å². The molecule has 1 aliphatic rings. The van der Waals surface area contributed by atoms with Gasteiger partial charge in [-0.3, -0.25) is 9.59 Å². The summed E-state index contributed by atoms with van der Waals surface area (Å²) in [6.45, 7) is 3.39. The number of halogens is 2. The molecule has 158 valence electrons. The van der Waals surface area contributed by atoms with Crippen LogP contribution in [0.1, 0.15) is 25.7 Å². The Bertz CT molecular complexity index is 970. The van der Waals surface area contributed by atoms with E-state index in [-0.39, 0.29) is 34.4 Å². The van der Waals surface area contributed by atoms with Crippen LogP contribution in [-0.4, -0.2) is 27.8 Å². The molecule has 0 spiro atoms. The normalized spacial score (nSPS) is 18.3. The van der Waals surface area contributed by atoms with Gasteiger partial charge in [-0.2, -0.15) is 4.98 Å². The lowest BCUT2D eigenvalue weighted by molar-refractivity contribution is -0.122. The number of benzene rings is 1. The number of rotatable bonds is 7. The number of amides is 2. The molecule has 2 aromatic rings. The van der Waals surface area contributed by atoms with Gasteiger partial charge in [-0.05, 0) is 43.5 Å². The summed E-state index contributed by atoms with van der Waals surface area (Å²) in [5.41, 5.74) is 6.04. The van der Waals surface area contributed by atoms with Crippen LogP contribution in [0.25, 0.3) is 0 Å². The summed E-state index contributed by atoms with van der Waals surface area (Å²) in [5.74, 6) is -0.867. The highest BCUT2D eigenvalue weighted by atomic mass is 35.5. The molecule has 8 nitrogen and oxygen atoms in total. The fourth-order valence-corrected chi connectivity index (χ4v) is 3.46. The zero-order valence-corrected chi connectivity index (χ0v) is 16.9. The summed E-state index contributed by atoms with van der Waals surface area (Å²) in [7, 11) is 0. The molecule has 1 aliphatic carbocycles. The molecule has 3 rings (SSSR count). The Morgan fingerprint density at radius 3 is 2.83 bits per heavy atom. The number of aromatic nitrogens is 2. The van der Waals surface area contributed by atoms with E-state index in [1.807, 2.05) is 0 Å². The number of carbonyl (C=O) groups excluding carboxylic acids is 2. The van der Waals surface area contributed by atoms with E-state index < -0.39 is 11.7 Å². The van der Waals surface area contributed by atoms with Crippen molar-refractivity contribution in [3.63, 3.8) is 0 Å². The first-order valence-electron chi connectivity index (χ1n) is 9.44. The van der Waals surface area contributed by atoms with Crippen molar-refractivity contribution in [1.82, 2.24) is 9.97 Å². The van der Waals surface area contributed by atoms with Gasteiger partial charge in [0.15, 0.2) is 5.82 Å². The SMILES string of the molecule is C=CC(=O)Nc1cc(F)ccc1Nc1nc(N[C@@H]2CCC[C@H](C(N)=O)C2)ncc1Cl. The molecule has 0 radical (unpaired) electrons. The minimum Gasteiger partial charge on any atom is -0.369 e. The highest BCUT2D eigenvalue weighted by molar-refractivity contribution is 6.33. The van der Waals surface area contributed by atoms with E-state index in [1.54, 1.807) is 0 Å². The summed E-state index contributed by atoms with van der Waals surface area (Å²) >= 11 is 6.22. The lowest BCUT2D eigenvalue weighted by atomic mass is 9.85. The van der Waals surface area contributed by atoms with Gasteiger partial charge in [-0.15, -0.1) is 0 Å². The van der Waals surface area contributed by atoms with Crippen LogP contribution in [0.3, 0.4) is 0 Å². The number of carbonyl (C=O) groups is 2. The Morgan fingerprint density at radius 2 is 2.10 bits per heavy atom. The molecule has 2 atom stereocenters. The summed E-state index contributed by atoms with van der Waals surface area (Å²) in [4.78, 5) is 31.7. The molecule has 0 saturated heterocycles. The van der Waals surface area contributed by atoms with E-state index >= 15 is 0 Å². The van der Waals surface area contributed by atoms with E-state index in [9.17, 15) is 14.0 Å². The maximum atomic E-state index is 13.6. The van der Waals surface area contributed by atoms with E-state index in [1.165, 1.54) is 24.4 Å². The Hall–Kier alpha value is -3.20. The standard InChI is InChI=1S/C20H22ClFN6O2/c1-2-17(29)26-16-9-12(22)6-7-15(16)27-19-14(21)10-24-20(28-19)25-13-5-3-4-11(8-13)18(23)30/h2,6-7,9-11,13H,1,3-5,8H2,(H2,23,30)(H,26,29)(H2,24,25,27,28)/t11-,13+/m0/s1. The summed E-state index contributed by atoms with van der Waals surface area (Å²) in [6, 6.07) is 3.88. The van der Waals surface area contributed by atoms with E-state index in [4.69, 9.17) is 17.3 Å². The number of hydrogen-bond donors (Lipinski definition) is 4. The average Bonchev–Trinajstić information content (AvgIpc) is 2.72. The van der Waals surface area contributed by atoms with Gasteiger partial charge in [0, 0.05) is 12.0 Å². The maximum Gasteiger partial charge on any atom is 0.247 e. The van der Waals surface area contributed by atoms with Crippen molar-refractivity contribution >= 4 is 46.6 Å². The first kappa shape index (κ1) is 21.5. The van der Waals surface area contributed by atoms with Gasteiger partial charge >= 0.3 is 0 Å². The molecular formula is C20H22ClFN6O2. The third kappa shape index (κ3) is 5.44. The van der Waals surface area contributed by atoms with Crippen LogP contribution in [-0.2, 0) is 9.59 Å². The molecular weight excluding hydrogens is 411 g/mol. The Kier molecular flexibility index (Phi) is 6.83. The van der Waals surface area contributed by atoms with Gasteiger partial charge in [-0.1, -0.05) is 24.6 Å². The second-order valence-electron chi connectivity index (χ2n) is 7.01. The van der Waals surface area contributed by atoms with Gasteiger partial charge in [0.05, 0.1) is 17.6 Å². The smallest absolute Gasteiger partial charge is 0.247 e. The van der Waals surface area contributed by atoms with Crippen LogP contribution >= 0.6 is 11.6 Å². The molecule has 5 N–H and O–H groups in total. The molecule has 10 heteroatoms. The van der Waals surface area contributed by atoms with Crippen molar-refractivity contribution in [1.29, 1.82) is 0 Å². The molecule has 1 heterocycles. The molecule has 1 fully saturated rings. The first-order valence-corrected chi connectivity index (χ1v) is 9.82. The molecule has 0 unspecified atom stereocenters. The number of primary amides is 1. The van der Waals surface area contributed by atoms with Crippen molar-refractivity contribution in [3.8, 4) is 0 Å². The van der Waals surface area contributed by atoms with Gasteiger partial charge in [0.2, 0.25) is 17.8 Å². The number of nitrogens with one attached hydrogen (secondary N) is 3. The predicted molar refractivity (Wildman–Crippen MR) is 114 cm³/mol. The monoisotopic (exact) mass is 432 g/mol. The number of nitrogens with zero attached hydrogens (tertiary/aromatic N) is 2. The summed E-state index contributed by atoms with van der Waals surface area (Å²) in [5, 5.41) is 8.97. The third-order valence-corrected chi connectivity index (χ3v) is 5.11. The second-order valence-corrected chi connectivity index (χ2v) is 7.41. The largest absolute Gasteiger partial charge is 0.369 e. The van der Waals surface area contributed by atoms with Crippen LogP contribution in [0.15, 0.2) is 37.1 Å². The van der Waals surface area contributed by atoms with E-state index in [0.717, 1.165) is 25.3 Å². The average molecular weight is 433 g/mol. The zero-order chi connectivity index (χ0) is 21.7. The van der Waals surface area contributed by atoms with Gasteiger partial charge in [0.1, 0.15) is 10.8 Å². The Morgan fingerprint density at radius 1 is 1.30 bits per heavy atom. The van der Waals surface area contributed by atoms with Crippen LogP contribution in [0.2, 0.25) is 5.02 Å². The lowest BCUT2D eigenvalue weighted by Crippen LogP contribution is -2.34. The molecule has 1 aromatic heterocycles. The van der Waals surface area contributed by atoms with Crippen molar-refractivity contribution in [2.45, 2.75) is 31.7 Å². The highest BCUT2D eigenvalue weighted by Gasteiger charge is 2.26. The molecule has 0 aliphatic heterocycles. The Balaban J connectivity index is 1.78. The van der Waals surface area contributed by atoms with Crippen LogP contribution in [0.4, 0.5) is 27.5 Å². The molecule has 2 amide bonds.